The maximum absolute atomic E-state index is 11.2. The van der Waals surface area contributed by atoms with Gasteiger partial charge in [-0.3, -0.25) is 5.43 Å². The van der Waals surface area contributed by atoms with Crippen molar-refractivity contribution in [2.24, 2.45) is 0 Å². The van der Waals surface area contributed by atoms with Crippen LogP contribution in [0.25, 0.3) is 0 Å². The van der Waals surface area contributed by atoms with Crippen molar-refractivity contribution in [3.63, 3.8) is 0 Å². The molecule has 0 aromatic heterocycles. The molecule has 3 N–H and O–H groups in total. The molecule has 0 aromatic carbocycles. The summed E-state index contributed by atoms with van der Waals surface area (Å²) in [5.41, 5.74) is 5.77. The van der Waals surface area contributed by atoms with Gasteiger partial charge in [-0.2, -0.15) is 0 Å². The van der Waals surface area contributed by atoms with Crippen LogP contribution in [0.2, 0.25) is 0 Å². The molecule has 1 aliphatic rings. The van der Waals surface area contributed by atoms with Crippen LogP contribution >= 0.6 is 24.8 Å². The lowest BCUT2D eigenvalue weighted by atomic mass is 9.80. The van der Waals surface area contributed by atoms with Gasteiger partial charge in [0.1, 0.15) is 0 Å². The molecule has 0 spiro atoms. The lowest BCUT2D eigenvalue weighted by Gasteiger charge is -2.46. The molecule has 1 aliphatic heterocycles. The third-order valence-corrected chi connectivity index (χ3v) is 2.84. The zero-order valence-corrected chi connectivity index (χ0v) is 14.0. The smallest absolute Gasteiger partial charge is 0.421 e. The molecule has 0 radical (unpaired) electrons. The highest BCUT2D eigenvalue weighted by Gasteiger charge is 2.37. The molecule has 1 rings (SSSR count). The van der Waals surface area contributed by atoms with Crippen molar-refractivity contribution in [2.75, 3.05) is 6.61 Å². The van der Waals surface area contributed by atoms with Crippen LogP contribution in [0.3, 0.4) is 0 Å². The second-order valence-electron chi connectivity index (χ2n) is 5.99. The molecule has 5 nitrogen and oxygen atoms in total. The second kappa shape index (κ2) is 8.15. The number of hydrogen-bond acceptors (Lipinski definition) is 4. The van der Waals surface area contributed by atoms with Crippen LogP contribution in [0.5, 0.6) is 0 Å². The van der Waals surface area contributed by atoms with Crippen molar-refractivity contribution in [1.29, 1.82) is 0 Å². The maximum Gasteiger partial charge on any atom is 0.421 e. The van der Waals surface area contributed by atoms with Crippen LogP contribution in [-0.4, -0.2) is 29.8 Å². The molecular weight excluding hydrogens is 289 g/mol. The molecule has 19 heavy (non-hydrogen) atoms. The summed E-state index contributed by atoms with van der Waals surface area (Å²) in [6, 6.07) is 0.255. The Labute approximate surface area is 128 Å². The van der Waals surface area contributed by atoms with Crippen LogP contribution < -0.4 is 16.2 Å². The quantitative estimate of drug-likeness (QED) is 0.700. The summed E-state index contributed by atoms with van der Waals surface area (Å²) >= 11 is 0. The number of ether oxygens (including phenoxy) is 1. The fourth-order valence-electron chi connectivity index (χ4n) is 2.75. The van der Waals surface area contributed by atoms with E-state index >= 15 is 0 Å². The van der Waals surface area contributed by atoms with Crippen molar-refractivity contribution < 1.29 is 9.53 Å². The maximum atomic E-state index is 11.2. The summed E-state index contributed by atoms with van der Waals surface area (Å²) in [6.07, 6.45) is 1.51. The summed E-state index contributed by atoms with van der Waals surface area (Å²) in [4.78, 5) is 11.2. The van der Waals surface area contributed by atoms with E-state index < -0.39 is 6.09 Å². The average molecular weight is 316 g/mol. The molecule has 0 saturated carbocycles. The van der Waals surface area contributed by atoms with Gasteiger partial charge in [-0.15, -0.1) is 24.8 Å². The van der Waals surface area contributed by atoms with Crippen molar-refractivity contribution in [1.82, 2.24) is 16.2 Å². The zero-order valence-electron chi connectivity index (χ0n) is 12.3. The Morgan fingerprint density at radius 2 is 1.68 bits per heavy atom. The lowest BCUT2D eigenvalue weighted by Crippen LogP contribution is -2.63. The molecule has 7 heteroatoms. The minimum Gasteiger partial charge on any atom is -0.449 e. The van der Waals surface area contributed by atoms with E-state index in [0.717, 1.165) is 12.8 Å². The Morgan fingerprint density at radius 1 is 1.21 bits per heavy atom. The van der Waals surface area contributed by atoms with Gasteiger partial charge in [-0.25, -0.2) is 10.2 Å². The monoisotopic (exact) mass is 315 g/mol. The molecule has 116 valence electrons. The highest BCUT2D eigenvalue weighted by Crippen LogP contribution is 2.28. The summed E-state index contributed by atoms with van der Waals surface area (Å²) in [7, 11) is 0. The van der Waals surface area contributed by atoms with E-state index in [9.17, 15) is 4.79 Å². The van der Waals surface area contributed by atoms with Gasteiger partial charge in [0.25, 0.3) is 0 Å². The van der Waals surface area contributed by atoms with Gasteiger partial charge in [-0.05, 0) is 47.5 Å². The first-order chi connectivity index (χ1) is 7.74. The molecule has 1 saturated heterocycles. The second-order valence-corrected chi connectivity index (χ2v) is 5.99. The first kappa shape index (κ1) is 21.1. The molecule has 1 heterocycles. The highest BCUT2D eigenvalue weighted by molar-refractivity contribution is 5.85. The van der Waals surface area contributed by atoms with Gasteiger partial charge in [0.15, 0.2) is 0 Å². The fourth-order valence-corrected chi connectivity index (χ4v) is 2.75. The number of amides is 1. The molecular formula is C12H27Cl2N3O2. The van der Waals surface area contributed by atoms with Gasteiger partial charge in [0, 0.05) is 17.1 Å². The number of piperidine rings is 1. The van der Waals surface area contributed by atoms with E-state index in [0.29, 0.717) is 6.61 Å². The summed E-state index contributed by atoms with van der Waals surface area (Å²) in [5, 5.41) is 3.59. The molecule has 0 bridgehead atoms. The minimum atomic E-state index is -0.415. The van der Waals surface area contributed by atoms with Gasteiger partial charge in [0.2, 0.25) is 0 Å². The van der Waals surface area contributed by atoms with Crippen LogP contribution in [0, 0.1) is 0 Å². The number of halogens is 2. The Morgan fingerprint density at radius 3 is 2.11 bits per heavy atom. The number of carbonyl (C=O) groups excluding carboxylic acids is 1. The molecule has 0 aromatic rings. The molecule has 0 aliphatic carbocycles. The third-order valence-electron chi connectivity index (χ3n) is 2.84. The number of hydrogen-bond donors (Lipinski definition) is 3. The first-order valence-electron chi connectivity index (χ1n) is 6.22. The van der Waals surface area contributed by atoms with E-state index in [1.807, 2.05) is 0 Å². The lowest BCUT2D eigenvalue weighted by molar-refractivity contribution is 0.120. The van der Waals surface area contributed by atoms with Crippen molar-refractivity contribution in [3.05, 3.63) is 0 Å². The van der Waals surface area contributed by atoms with Crippen LogP contribution in [0.1, 0.15) is 47.5 Å². The summed E-state index contributed by atoms with van der Waals surface area (Å²) < 4.78 is 4.81. The fraction of sp³-hybridized carbons (Fsp3) is 0.917. The molecule has 1 fully saturated rings. The van der Waals surface area contributed by atoms with Crippen LogP contribution in [0.15, 0.2) is 0 Å². The zero-order chi connectivity index (χ0) is 13.1. The largest absolute Gasteiger partial charge is 0.449 e. The Bertz CT molecular complexity index is 270. The molecule has 1 amide bonds. The number of rotatable bonds is 3. The minimum absolute atomic E-state index is 0. The predicted molar refractivity (Wildman–Crippen MR) is 82.1 cm³/mol. The number of carbonyl (C=O) groups is 1. The average Bonchev–Trinajstić information content (AvgIpc) is 2.10. The Balaban J connectivity index is 0. The van der Waals surface area contributed by atoms with Gasteiger partial charge in [-0.1, -0.05) is 0 Å². The third kappa shape index (κ3) is 7.82. The van der Waals surface area contributed by atoms with Crippen LogP contribution in [-0.2, 0) is 4.74 Å². The predicted octanol–water partition coefficient (Wildman–Crippen LogP) is 2.39. The first-order valence-corrected chi connectivity index (χ1v) is 6.22. The van der Waals surface area contributed by atoms with Crippen LogP contribution in [0.4, 0.5) is 4.79 Å². The van der Waals surface area contributed by atoms with E-state index in [1.165, 1.54) is 0 Å². The molecule has 0 atom stereocenters. The standard InChI is InChI=1S/C12H25N3O2.2ClH/c1-6-17-10(16)14-13-9-7-11(2,3)15-12(4,5)8-9;;/h9,13,15H,6-8H2,1-5H3,(H,14,16);2*1H. The summed E-state index contributed by atoms with van der Waals surface area (Å²) in [6.45, 7) is 10.9. The summed E-state index contributed by atoms with van der Waals surface area (Å²) in [5.74, 6) is 0. The van der Waals surface area contributed by atoms with E-state index in [2.05, 4.69) is 43.9 Å². The highest BCUT2D eigenvalue weighted by atomic mass is 35.5. The normalized spacial score (nSPS) is 20.7. The van der Waals surface area contributed by atoms with Crippen molar-refractivity contribution in [2.45, 2.75) is 64.6 Å². The van der Waals surface area contributed by atoms with Crippen molar-refractivity contribution in [3.8, 4) is 0 Å². The van der Waals surface area contributed by atoms with Gasteiger partial charge in [0.05, 0.1) is 6.61 Å². The SMILES string of the molecule is CCOC(=O)NNC1CC(C)(C)NC(C)(C)C1.Cl.Cl. The van der Waals surface area contributed by atoms with Crippen molar-refractivity contribution >= 4 is 30.9 Å². The number of nitrogens with one attached hydrogen (secondary N) is 3. The number of hydrazine groups is 1. The molecule has 0 unspecified atom stereocenters. The van der Waals surface area contributed by atoms with E-state index in [-0.39, 0.29) is 41.9 Å². The Hall–Kier alpha value is -0.230. The Kier molecular flexibility index (Phi) is 9.03. The van der Waals surface area contributed by atoms with Gasteiger partial charge < -0.3 is 10.1 Å². The topological polar surface area (TPSA) is 62.4 Å². The van der Waals surface area contributed by atoms with E-state index in [1.54, 1.807) is 6.92 Å². The van der Waals surface area contributed by atoms with Gasteiger partial charge >= 0.3 is 6.09 Å². The van der Waals surface area contributed by atoms with E-state index in [4.69, 9.17) is 4.74 Å².